The number of carbonyl (C=O) groups excluding carboxylic acids is 3. The minimum absolute atomic E-state index is 0.287. The lowest BCUT2D eigenvalue weighted by Crippen LogP contribution is -2.42. The Kier molecular flexibility index (Phi) is 5.80. The molecule has 2 N–H and O–H groups in total. The largest absolute Gasteiger partial charge is 0.418 e. The fourth-order valence-corrected chi connectivity index (χ4v) is 3.41. The molecule has 0 saturated carbocycles. The van der Waals surface area contributed by atoms with Crippen LogP contribution in [-0.2, 0) is 21.3 Å². The Morgan fingerprint density at radius 2 is 1.71 bits per heavy atom. The van der Waals surface area contributed by atoms with Gasteiger partial charge in [0.1, 0.15) is 12.1 Å². The molecule has 1 atom stereocenters. The number of hydrogen-bond acceptors (Lipinski definition) is 3. The van der Waals surface area contributed by atoms with Gasteiger partial charge in [-0.3, -0.25) is 14.5 Å². The minimum atomic E-state index is -4.66. The molecule has 31 heavy (non-hydrogen) atoms. The van der Waals surface area contributed by atoms with Gasteiger partial charge in [-0.2, -0.15) is 13.2 Å². The molecule has 2 aromatic rings. The fraction of sp³-hybridized carbons (Fsp3) is 0.318. The number of benzene rings is 2. The molecule has 1 saturated heterocycles. The third kappa shape index (κ3) is 4.40. The zero-order valence-corrected chi connectivity index (χ0v) is 17.2. The van der Waals surface area contributed by atoms with Crippen LogP contribution in [0.2, 0.25) is 0 Å². The molecule has 1 aliphatic heterocycles. The van der Waals surface area contributed by atoms with Crippen molar-refractivity contribution in [2.24, 2.45) is 0 Å². The minimum Gasteiger partial charge on any atom is -0.324 e. The number of nitrogens with zero attached hydrogens (tertiary/aromatic N) is 1. The van der Waals surface area contributed by atoms with Gasteiger partial charge in [-0.05, 0) is 36.1 Å². The molecule has 3 rings (SSSR count). The Morgan fingerprint density at radius 1 is 1.10 bits per heavy atom. The summed E-state index contributed by atoms with van der Waals surface area (Å²) in [5.41, 5.74) is -1.24. The van der Waals surface area contributed by atoms with Gasteiger partial charge in [0, 0.05) is 0 Å². The maximum Gasteiger partial charge on any atom is 0.418 e. The summed E-state index contributed by atoms with van der Waals surface area (Å²) in [7, 11) is 0. The van der Waals surface area contributed by atoms with E-state index in [0.29, 0.717) is 10.5 Å². The highest BCUT2D eigenvalue weighted by Crippen LogP contribution is 2.35. The molecule has 0 aromatic heterocycles. The summed E-state index contributed by atoms with van der Waals surface area (Å²) in [4.78, 5) is 38.4. The van der Waals surface area contributed by atoms with Crippen molar-refractivity contribution in [2.45, 2.75) is 38.4 Å². The van der Waals surface area contributed by atoms with Gasteiger partial charge in [-0.25, -0.2) is 4.79 Å². The molecule has 0 aliphatic carbocycles. The van der Waals surface area contributed by atoms with Gasteiger partial charge in [0.05, 0.1) is 11.3 Å². The Balaban J connectivity index is 1.77. The average molecular weight is 433 g/mol. The molecule has 0 bridgehead atoms. The van der Waals surface area contributed by atoms with E-state index in [9.17, 15) is 27.6 Å². The van der Waals surface area contributed by atoms with Crippen LogP contribution in [0.5, 0.6) is 0 Å². The SMILES string of the molecule is CC(C)c1ccc([C@]2(C)NC(=O)N(CC(=O)Nc3ccccc3C(F)(F)F)C2=O)cc1. The second kappa shape index (κ2) is 8.05. The molecule has 0 spiro atoms. The lowest BCUT2D eigenvalue weighted by molar-refractivity contribution is -0.137. The van der Waals surface area contributed by atoms with Gasteiger partial charge < -0.3 is 10.6 Å². The normalized spacial score (nSPS) is 19.0. The fourth-order valence-electron chi connectivity index (χ4n) is 3.41. The predicted octanol–water partition coefficient (Wildman–Crippen LogP) is 4.23. The van der Waals surface area contributed by atoms with E-state index in [4.69, 9.17) is 0 Å². The molecule has 164 valence electrons. The van der Waals surface area contributed by atoms with Crippen LogP contribution in [0.1, 0.15) is 43.4 Å². The van der Waals surface area contributed by atoms with Crippen molar-refractivity contribution in [3.63, 3.8) is 0 Å². The number of rotatable bonds is 5. The van der Waals surface area contributed by atoms with Crippen LogP contribution in [0.3, 0.4) is 0 Å². The standard InChI is InChI=1S/C22H22F3N3O3/c1-13(2)14-8-10-15(11-9-14)21(3)19(30)28(20(31)27-21)12-18(29)26-17-7-5-4-6-16(17)22(23,24)25/h4-11,13H,12H2,1-3H3,(H,26,29)(H,27,31)/t21-/m0/s1. The second-order valence-electron chi connectivity index (χ2n) is 7.81. The van der Waals surface area contributed by atoms with E-state index in [1.165, 1.54) is 19.1 Å². The number of anilines is 1. The van der Waals surface area contributed by atoms with Crippen molar-refractivity contribution in [3.8, 4) is 0 Å². The molecule has 4 amide bonds. The summed E-state index contributed by atoms with van der Waals surface area (Å²) in [5, 5.41) is 4.72. The summed E-state index contributed by atoms with van der Waals surface area (Å²) >= 11 is 0. The topological polar surface area (TPSA) is 78.5 Å². The van der Waals surface area contributed by atoms with Crippen molar-refractivity contribution in [1.82, 2.24) is 10.2 Å². The van der Waals surface area contributed by atoms with Crippen LogP contribution in [0.4, 0.5) is 23.7 Å². The average Bonchev–Trinajstić information content (AvgIpc) is 2.91. The highest BCUT2D eigenvalue weighted by molar-refractivity contribution is 6.10. The van der Waals surface area contributed by atoms with E-state index in [1.807, 2.05) is 26.0 Å². The monoisotopic (exact) mass is 433 g/mol. The Morgan fingerprint density at radius 3 is 2.29 bits per heavy atom. The number of nitrogens with one attached hydrogen (secondary N) is 2. The molecular formula is C22H22F3N3O3. The first kappa shape index (κ1) is 22.3. The number of urea groups is 1. The van der Waals surface area contributed by atoms with Crippen LogP contribution in [0, 0.1) is 0 Å². The first-order valence-corrected chi connectivity index (χ1v) is 9.64. The van der Waals surface area contributed by atoms with Gasteiger partial charge in [0.15, 0.2) is 0 Å². The third-order valence-corrected chi connectivity index (χ3v) is 5.24. The number of alkyl halides is 3. The smallest absolute Gasteiger partial charge is 0.324 e. The van der Waals surface area contributed by atoms with Gasteiger partial charge >= 0.3 is 12.2 Å². The molecular weight excluding hydrogens is 411 g/mol. The Hall–Kier alpha value is -3.36. The van der Waals surface area contributed by atoms with E-state index in [1.54, 1.807) is 12.1 Å². The molecule has 2 aromatic carbocycles. The van der Waals surface area contributed by atoms with E-state index >= 15 is 0 Å². The zero-order chi connectivity index (χ0) is 23.0. The van der Waals surface area contributed by atoms with Crippen molar-refractivity contribution in [3.05, 3.63) is 65.2 Å². The Bertz CT molecular complexity index is 1020. The van der Waals surface area contributed by atoms with E-state index in [0.717, 1.165) is 17.7 Å². The molecule has 1 fully saturated rings. The summed E-state index contributed by atoms with van der Waals surface area (Å²) < 4.78 is 39.3. The van der Waals surface area contributed by atoms with Crippen molar-refractivity contribution < 1.29 is 27.6 Å². The maximum atomic E-state index is 13.1. The molecule has 9 heteroatoms. The summed E-state index contributed by atoms with van der Waals surface area (Å²) in [6, 6.07) is 10.9. The number of halogens is 3. The summed E-state index contributed by atoms with van der Waals surface area (Å²) in [6.45, 7) is 4.86. The van der Waals surface area contributed by atoms with Crippen molar-refractivity contribution in [1.29, 1.82) is 0 Å². The van der Waals surface area contributed by atoms with Crippen LogP contribution in [-0.4, -0.2) is 29.3 Å². The molecule has 0 unspecified atom stereocenters. The number of para-hydroxylation sites is 1. The van der Waals surface area contributed by atoms with Gasteiger partial charge in [-0.15, -0.1) is 0 Å². The maximum absolute atomic E-state index is 13.1. The first-order chi connectivity index (χ1) is 14.4. The predicted molar refractivity (Wildman–Crippen MR) is 108 cm³/mol. The van der Waals surface area contributed by atoms with Gasteiger partial charge in [0.2, 0.25) is 5.91 Å². The van der Waals surface area contributed by atoms with Gasteiger partial charge in [-0.1, -0.05) is 50.2 Å². The molecule has 0 radical (unpaired) electrons. The van der Waals surface area contributed by atoms with Crippen LogP contribution >= 0.6 is 0 Å². The van der Waals surface area contributed by atoms with Crippen LogP contribution in [0.15, 0.2) is 48.5 Å². The Labute approximate surface area is 177 Å². The van der Waals surface area contributed by atoms with Crippen molar-refractivity contribution >= 4 is 23.5 Å². The number of imide groups is 1. The second-order valence-corrected chi connectivity index (χ2v) is 7.81. The van der Waals surface area contributed by atoms with E-state index in [2.05, 4.69) is 10.6 Å². The quantitative estimate of drug-likeness (QED) is 0.693. The number of carbonyl (C=O) groups is 3. The highest BCUT2D eigenvalue weighted by atomic mass is 19.4. The zero-order valence-electron chi connectivity index (χ0n) is 17.2. The third-order valence-electron chi connectivity index (χ3n) is 5.24. The van der Waals surface area contributed by atoms with Crippen LogP contribution in [0.25, 0.3) is 0 Å². The number of amides is 4. The first-order valence-electron chi connectivity index (χ1n) is 9.64. The van der Waals surface area contributed by atoms with Crippen LogP contribution < -0.4 is 10.6 Å². The van der Waals surface area contributed by atoms with Gasteiger partial charge in [0.25, 0.3) is 5.91 Å². The summed E-state index contributed by atoms with van der Waals surface area (Å²) in [5.74, 6) is -1.29. The summed E-state index contributed by atoms with van der Waals surface area (Å²) in [6.07, 6.45) is -4.66. The lowest BCUT2D eigenvalue weighted by Gasteiger charge is -2.23. The van der Waals surface area contributed by atoms with E-state index < -0.39 is 47.4 Å². The number of hydrogen-bond donors (Lipinski definition) is 2. The molecule has 1 heterocycles. The van der Waals surface area contributed by atoms with E-state index in [-0.39, 0.29) is 5.92 Å². The highest BCUT2D eigenvalue weighted by Gasteiger charge is 2.49. The lowest BCUT2D eigenvalue weighted by atomic mass is 9.90. The van der Waals surface area contributed by atoms with Crippen molar-refractivity contribution in [2.75, 3.05) is 11.9 Å². The molecule has 6 nitrogen and oxygen atoms in total. The molecule has 1 aliphatic rings.